The number of nitrogens with zero attached hydrogens (tertiary/aromatic N) is 1. The Morgan fingerprint density at radius 1 is 1.08 bits per heavy atom. The van der Waals surface area contributed by atoms with Crippen molar-refractivity contribution in [3.8, 4) is 17.2 Å². The summed E-state index contributed by atoms with van der Waals surface area (Å²) in [7, 11) is 1.57. The summed E-state index contributed by atoms with van der Waals surface area (Å²) in [5, 5.41) is 3.94. The predicted molar refractivity (Wildman–Crippen MR) is 101 cm³/mol. The molecule has 0 radical (unpaired) electrons. The van der Waals surface area contributed by atoms with E-state index in [9.17, 15) is 4.79 Å². The van der Waals surface area contributed by atoms with Gasteiger partial charge in [-0.3, -0.25) is 4.79 Å². The molecule has 0 bridgehead atoms. The SMILES string of the molecule is CCOc1ccc(/C=N/NC(=O)COc2cc(C)ccc2C)cc1OC. The van der Waals surface area contributed by atoms with Crippen LogP contribution in [0, 0.1) is 13.8 Å². The molecule has 0 aliphatic heterocycles. The Kier molecular flexibility index (Phi) is 7.02. The minimum Gasteiger partial charge on any atom is -0.493 e. The Morgan fingerprint density at radius 2 is 1.88 bits per heavy atom. The van der Waals surface area contributed by atoms with Gasteiger partial charge in [0, 0.05) is 0 Å². The summed E-state index contributed by atoms with van der Waals surface area (Å²) in [4.78, 5) is 11.9. The minimum atomic E-state index is -0.333. The third kappa shape index (κ3) is 5.51. The first-order chi connectivity index (χ1) is 12.5. The monoisotopic (exact) mass is 356 g/mol. The van der Waals surface area contributed by atoms with E-state index in [1.165, 1.54) is 6.21 Å². The van der Waals surface area contributed by atoms with Crippen LogP contribution in [0.25, 0.3) is 0 Å². The van der Waals surface area contributed by atoms with Gasteiger partial charge in [0.15, 0.2) is 18.1 Å². The smallest absolute Gasteiger partial charge is 0.277 e. The van der Waals surface area contributed by atoms with Crippen LogP contribution >= 0.6 is 0 Å². The van der Waals surface area contributed by atoms with Crippen molar-refractivity contribution in [3.05, 3.63) is 53.1 Å². The van der Waals surface area contributed by atoms with Gasteiger partial charge in [-0.15, -0.1) is 0 Å². The van der Waals surface area contributed by atoms with Gasteiger partial charge in [-0.1, -0.05) is 12.1 Å². The number of hydrogen-bond acceptors (Lipinski definition) is 5. The van der Waals surface area contributed by atoms with Crippen molar-refractivity contribution >= 4 is 12.1 Å². The number of carbonyl (C=O) groups excluding carboxylic acids is 1. The fourth-order valence-corrected chi connectivity index (χ4v) is 2.26. The van der Waals surface area contributed by atoms with E-state index in [2.05, 4.69) is 10.5 Å². The average molecular weight is 356 g/mol. The number of hydrazone groups is 1. The Hall–Kier alpha value is -3.02. The summed E-state index contributed by atoms with van der Waals surface area (Å²) in [5.41, 5.74) is 5.28. The van der Waals surface area contributed by atoms with Crippen LogP contribution in [0.5, 0.6) is 17.2 Å². The Morgan fingerprint density at radius 3 is 2.62 bits per heavy atom. The fourth-order valence-electron chi connectivity index (χ4n) is 2.26. The van der Waals surface area contributed by atoms with E-state index in [0.29, 0.717) is 23.9 Å². The fraction of sp³-hybridized carbons (Fsp3) is 0.300. The maximum absolute atomic E-state index is 11.9. The standard InChI is InChI=1S/C20H24N2O4/c1-5-25-17-9-8-16(11-19(17)24-4)12-21-22-20(23)13-26-18-10-14(2)6-7-15(18)3/h6-12H,5,13H2,1-4H3,(H,22,23)/b21-12+. The molecule has 2 aromatic rings. The van der Waals surface area contributed by atoms with Crippen LogP contribution in [0.4, 0.5) is 0 Å². The Labute approximate surface area is 153 Å². The number of methoxy groups -OCH3 is 1. The first kappa shape index (κ1) is 19.3. The largest absolute Gasteiger partial charge is 0.493 e. The normalized spacial score (nSPS) is 10.6. The van der Waals surface area contributed by atoms with Crippen molar-refractivity contribution in [2.24, 2.45) is 5.10 Å². The second-order valence-electron chi connectivity index (χ2n) is 5.69. The number of hydrogen-bond donors (Lipinski definition) is 1. The van der Waals surface area contributed by atoms with Crippen molar-refractivity contribution in [3.63, 3.8) is 0 Å². The summed E-state index contributed by atoms with van der Waals surface area (Å²) < 4.78 is 16.3. The molecular weight excluding hydrogens is 332 g/mol. The zero-order valence-electron chi connectivity index (χ0n) is 15.5. The summed E-state index contributed by atoms with van der Waals surface area (Å²) in [6.07, 6.45) is 1.54. The molecule has 0 saturated heterocycles. The molecular formula is C20H24N2O4. The van der Waals surface area contributed by atoms with Crippen LogP contribution in [0.15, 0.2) is 41.5 Å². The Balaban J connectivity index is 1.89. The lowest BCUT2D eigenvalue weighted by atomic mass is 10.1. The summed E-state index contributed by atoms with van der Waals surface area (Å²) in [5.74, 6) is 1.64. The highest BCUT2D eigenvalue weighted by Crippen LogP contribution is 2.27. The number of rotatable bonds is 8. The highest BCUT2D eigenvalue weighted by atomic mass is 16.5. The number of amides is 1. The summed E-state index contributed by atoms with van der Waals surface area (Å²) >= 11 is 0. The van der Waals surface area contributed by atoms with Crippen LogP contribution in [0.3, 0.4) is 0 Å². The second-order valence-corrected chi connectivity index (χ2v) is 5.69. The van der Waals surface area contributed by atoms with Crippen LogP contribution in [-0.4, -0.2) is 32.4 Å². The number of benzene rings is 2. The van der Waals surface area contributed by atoms with E-state index < -0.39 is 0 Å². The highest BCUT2D eigenvalue weighted by molar-refractivity contribution is 5.83. The highest BCUT2D eigenvalue weighted by Gasteiger charge is 2.06. The van der Waals surface area contributed by atoms with E-state index >= 15 is 0 Å². The van der Waals surface area contributed by atoms with Gasteiger partial charge in [-0.05, 0) is 61.7 Å². The molecule has 0 aromatic heterocycles. The number of aryl methyl sites for hydroxylation is 2. The quantitative estimate of drug-likeness (QED) is 0.582. The van der Waals surface area contributed by atoms with Gasteiger partial charge in [0.05, 0.1) is 19.9 Å². The van der Waals surface area contributed by atoms with Gasteiger partial charge in [0.2, 0.25) is 0 Å². The lowest BCUT2D eigenvalue weighted by molar-refractivity contribution is -0.123. The van der Waals surface area contributed by atoms with Gasteiger partial charge in [0.25, 0.3) is 5.91 Å². The molecule has 138 valence electrons. The molecule has 0 heterocycles. The molecule has 0 aliphatic carbocycles. The van der Waals surface area contributed by atoms with Gasteiger partial charge in [-0.25, -0.2) is 5.43 Å². The van der Waals surface area contributed by atoms with Crippen molar-refractivity contribution < 1.29 is 19.0 Å². The third-order valence-corrected chi connectivity index (χ3v) is 3.59. The van der Waals surface area contributed by atoms with E-state index in [1.54, 1.807) is 19.2 Å². The van der Waals surface area contributed by atoms with Crippen molar-refractivity contribution in [2.75, 3.05) is 20.3 Å². The van der Waals surface area contributed by atoms with Crippen molar-refractivity contribution in [2.45, 2.75) is 20.8 Å². The third-order valence-electron chi connectivity index (χ3n) is 3.59. The van der Waals surface area contributed by atoms with Crippen molar-refractivity contribution in [1.82, 2.24) is 5.43 Å². The minimum absolute atomic E-state index is 0.103. The molecule has 0 saturated carbocycles. The van der Waals surface area contributed by atoms with E-state index in [-0.39, 0.29) is 12.5 Å². The van der Waals surface area contributed by atoms with Crippen molar-refractivity contribution in [1.29, 1.82) is 0 Å². The van der Waals surface area contributed by atoms with E-state index in [4.69, 9.17) is 14.2 Å². The lowest BCUT2D eigenvalue weighted by Gasteiger charge is -2.09. The predicted octanol–water partition coefficient (Wildman–Crippen LogP) is 3.24. The molecule has 0 atom stereocenters. The molecule has 26 heavy (non-hydrogen) atoms. The zero-order chi connectivity index (χ0) is 18.9. The number of carbonyl (C=O) groups is 1. The summed E-state index contributed by atoms with van der Waals surface area (Å²) in [6, 6.07) is 11.3. The number of ether oxygens (including phenoxy) is 3. The first-order valence-corrected chi connectivity index (χ1v) is 8.36. The molecule has 2 aromatic carbocycles. The molecule has 6 nitrogen and oxygen atoms in total. The van der Waals surface area contributed by atoms with Gasteiger partial charge in [0.1, 0.15) is 5.75 Å². The molecule has 0 spiro atoms. The van der Waals surface area contributed by atoms with E-state index in [0.717, 1.165) is 16.7 Å². The Bertz CT molecular complexity index is 787. The first-order valence-electron chi connectivity index (χ1n) is 8.36. The average Bonchev–Trinajstić information content (AvgIpc) is 2.63. The molecule has 0 unspecified atom stereocenters. The summed E-state index contributed by atoms with van der Waals surface area (Å²) in [6.45, 7) is 6.27. The maximum Gasteiger partial charge on any atom is 0.277 e. The molecule has 0 fully saturated rings. The topological polar surface area (TPSA) is 69.2 Å². The maximum atomic E-state index is 11.9. The van der Waals surface area contributed by atoms with Crippen LogP contribution in [-0.2, 0) is 4.79 Å². The van der Waals surface area contributed by atoms with Gasteiger partial charge < -0.3 is 14.2 Å². The molecule has 1 amide bonds. The zero-order valence-corrected chi connectivity index (χ0v) is 15.5. The van der Waals surface area contributed by atoms with E-state index in [1.807, 2.05) is 45.0 Å². The van der Waals surface area contributed by atoms with Gasteiger partial charge in [-0.2, -0.15) is 5.10 Å². The second kappa shape index (κ2) is 9.46. The molecule has 6 heteroatoms. The van der Waals surface area contributed by atoms with Gasteiger partial charge >= 0.3 is 0 Å². The van der Waals surface area contributed by atoms with Crippen LogP contribution in [0.1, 0.15) is 23.6 Å². The number of nitrogens with one attached hydrogen (secondary N) is 1. The lowest BCUT2D eigenvalue weighted by Crippen LogP contribution is -2.24. The van der Waals surface area contributed by atoms with Crippen LogP contribution in [0.2, 0.25) is 0 Å². The molecule has 2 rings (SSSR count). The molecule has 0 aliphatic rings. The molecule has 1 N–H and O–H groups in total. The van der Waals surface area contributed by atoms with Crippen LogP contribution < -0.4 is 19.6 Å².